The van der Waals surface area contributed by atoms with Gasteiger partial charge in [0.1, 0.15) is 5.75 Å². The van der Waals surface area contributed by atoms with Crippen LogP contribution in [-0.2, 0) is 19.1 Å². The number of anilines is 1. The summed E-state index contributed by atoms with van der Waals surface area (Å²) >= 11 is 0. The average Bonchev–Trinajstić information content (AvgIpc) is 2.82. The molecule has 0 aliphatic heterocycles. The summed E-state index contributed by atoms with van der Waals surface area (Å²) in [6, 6.07) is 7.89. The summed E-state index contributed by atoms with van der Waals surface area (Å²) in [5, 5.41) is 4.15. The molecule has 11 heteroatoms. The summed E-state index contributed by atoms with van der Waals surface area (Å²) in [6.45, 7) is 2.93. The van der Waals surface area contributed by atoms with E-state index in [1.165, 1.54) is 6.92 Å². The number of carbonyl (C=O) groups is 4. The number of rotatable bonds is 11. The van der Waals surface area contributed by atoms with E-state index in [1.807, 2.05) is 12.2 Å². The molecule has 2 aromatic carbocycles. The van der Waals surface area contributed by atoms with E-state index in [1.54, 1.807) is 24.3 Å². The SMILES string of the molecule is CCOc1ccc(C(=O)CCC(=O)OC(C)C(=O)NCC(=O)Nc2ccc(F)c(F)c2F)cc1. The van der Waals surface area contributed by atoms with Gasteiger partial charge in [0, 0.05) is 12.0 Å². The van der Waals surface area contributed by atoms with Gasteiger partial charge in [0.05, 0.1) is 25.3 Å². The fraction of sp³-hybridized carbons (Fsp3) is 0.304. The van der Waals surface area contributed by atoms with Gasteiger partial charge in [-0.1, -0.05) is 0 Å². The minimum Gasteiger partial charge on any atom is -0.494 e. The number of hydrogen-bond acceptors (Lipinski definition) is 6. The summed E-state index contributed by atoms with van der Waals surface area (Å²) in [4.78, 5) is 48.0. The molecule has 0 heterocycles. The summed E-state index contributed by atoms with van der Waals surface area (Å²) in [5.74, 6) is -6.97. The Morgan fingerprint density at radius 2 is 1.62 bits per heavy atom. The van der Waals surface area contributed by atoms with Crippen molar-refractivity contribution in [3.05, 3.63) is 59.4 Å². The topological polar surface area (TPSA) is 111 Å². The molecule has 0 aromatic heterocycles. The van der Waals surface area contributed by atoms with Crippen LogP contribution in [0.2, 0.25) is 0 Å². The van der Waals surface area contributed by atoms with Crippen molar-refractivity contribution in [1.82, 2.24) is 5.32 Å². The van der Waals surface area contributed by atoms with Crippen LogP contribution in [0.3, 0.4) is 0 Å². The molecule has 0 spiro atoms. The van der Waals surface area contributed by atoms with Gasteiger partial charge in [0.2, 0.25) is 5.91 Å². The normalized spacial score (nSPS) is 11.3. The minimum absolute atomic E-state index is 0.136. The molecule has 0 aliphatic rings. The Hall–Kier alpha value is -3.89. The number of halogens is 3. The number of carbonyl (C=O) groups excluding carboxylic acids is 4. The fourth-order valence-corrected chi connectivity index (χ4v) is 2.70. The monoisotopic (exact) mass is 480 g/mol. The molecule has 2 rings (SSSR count). The van der Waals surface area contributed by atoms with E-state index < -0.39 is 53.6 Å². The van der Waals surface area contributed by atoms with Gasteiger partial charge in [0.25, 0.3) is 5.91 Å². The Morgan fingerprint density at radius 1 is 0.941 bits per heavy atom. The van der Waals surface area contributed by atoms with E-state index in [0.29, 0.717) is 24.0 Å². The van der Waals surface area contributed by atoms with Gasteiger partial charge >= 0.3 is 5.97 Å². The lowest BCUT2D eigenvalue weighted by Crippen LogP contribution is -2.40. The van der Waals surface area contributed by atoms with Gasteiger partial charge in [-0.15, -0.1) is 0 Å². The Balaban J connectivity index is 1.75. The molecule has 0 radical (unpaired) electrons. The van der Waals surface area contributed by atoms with Crippen LogP contribution in [0.1, 0.15) is 37.0 Å². The highest BCUT2D eigenvalue weighted by Gasteiger charge is 2.20. The van der Waals surface area contributed by atoms with Crippen LogP contribution in [-0.4, -0.2) is 42.8 Å². The van der Waals surface area contributed by atoms with Crippen molar-refractivity contribution in [3.63, 3.8) is 0 Å². The van der Waals surface area contributed by atoms with Gasteiger partial charge in [-0.05, 0) is 50.2 Å². The number of amides is 2. The van der Waals surface area contributed by atoms with Gasteiger partial charge in [-0.25, -0.2) is 13.2 Å². The predicted molar refractivity (Wildman–Crippen MR) is 115 cm³/mol. The Kier molecular flexibility index (Phi) is 9.60. The second-order valence-electron chi connectivity index (χ2n) is 7.00. The van der Waals surface area contributed by atoms with Crippen molar-refractivity contribution < 1.29 is 41.8 Å². The zero-order valence-corrected chi connectivity index (χ0v) is 18.5. The first-order chi connectivity index (χ1) is 16.1. The van der Waals surface area contributed by atoms with Crippen molar-refractivity contribution >= 4 is 29.3 Å². The Bertz CT molecular complexity index is 1060. The molecule has 182 valence electrons. The number of ether oxygens (including phenoxy) is 2. The van der Waals surface area contributed by atoms with Crippen LogP contribution in [0, 0.1) is 17.5 Å². The highest BCUT2D eigenvalue weighted by atomic mass is 19.2. The highest BCUT2D eigenvalue weighted by Crippen LogP contribution is 2.19. The quantitative estimate of drug-likeness (QED) is 0.290. The third kappa shape index (κ3) is 7.61. The summed E-state index contributed by atoms with van der Waals surface area (Å²) < 4.78 is 49.9. The molecule has 0 bridgehead atoms. The maximum absolute atomic E-state index is 13.6. The zero-order chi connectivity index (χ0) is 25.3. The first kappa shape index (κ1) is 26.4. The molecule has 0 saturated carbocycles. The van der Waals surface area contributed by atoms with Gasteiger partial charge < -0.3 is 20.1 Å². The maximum Gasteiger partial charge on any atom is 0.307 e. The van der Waals surface area contributed by atoms with Crippen LogP contribution in [0.15, 0.2) is 36.4 Å². The molecular weight excluding hydrogens is 457 g/mol. The van der Waals surface area contributed by atoms with E-state index in [9.17, 15) is 32.3 Å². The maximum atomic E-state index is 13.6. The summed E-state index contributed by atoms with van der Waals surface area (Å²) in [5.41, 5.74) is -0.208. The molecule has 8 nitrogen and oxygen atoms in total. The molecule has 0 aliphatic carbocycles. The number of Topliss-reactive ketones (excluding diaryl/α,β-unsaturated/α-hetero) is 1. The minimum atomic E-state index is -1.75. The van der Waals surface area contributed by atoms with Crippen LogP contribution < -0.4 is 15.4 Å². The highest BCUT2D eigenvalue weighted by molar-refractivity contribution is 5.98. The number of esters is 1. The van der Waals surface area contributed by atoms with E-state index >= 15 is 0 Å². The number of benzene rings is 2. The first-order valence-corrected chi connectivity index (χ1v) is 10.3. The van der Waals surface area contributed by atoms with Crippen LogP contribution in [0.4, 0.5) is 18.9 Å². The molecule has 2 N–H and O–H groups in total. The predicted octanol–water partition coefficient (Wildman–Crippen LogP) is 3.15. The van der Waals surface area contributed by atoms with E-state index in [4.69, 9.17) is 9.47 Å². The van der Waals surface area contributed by atoms with Gasteiger partial charge in [0.15, 0.2) is 29.3 Å². The van der Waals surface area contributed by atoms with Gasteiger partial charge in [-0.2, -0.15) is 0 Å². The lowest BCUT2D eigenvalue weighted by atomic mass is 10.1. The fourth-order valence-electron chi connectivity index (χ4n) is 2.70. The third-order valence-electron chi connectivity index (χ3n) is 4.45. The van der Waals surface area contributed by atoms with Crippen molar-refractivity contribution in [2.24, 2.45) is 0 Å². The van der Waals surface area contributed by atoms with Gasteiger partial charge in [-0.3, -0.25) is 19.2 Å². The molecule has 0 fully saturated rings. The zero-order valence-electron chi connectivity index (χ0n) is 18.5. The molecule has 2 amide bonds. The lowest BCUT2D eigenvalue weighted by molar-refractivity contribution is -0.154. The van der Waals surface area contributed by atoms with Crippen molar-refractivity contribution in [3.8, 4) is 5.75 Å². The summed E-state index contributed by atoms with van der Waals surface area (Å²) in [7, 11) is 0. The molecular formula is C23H23F3N2O6. The van der Waals surface area contributed by atoms with Crippen LogP contribution in [0.25, 0.3) is 0 Å². The molecule has 34 heavy (non-hydrogen) atoms. The van der Waals surface area contributed by atoms with Crippen molar-refractivity contribution in [1.29, 1.82) is 0 Å². The Labute approximate surface area is 193 Å². The number of ketones is 1. The van der Waals surface area contributed by atoms with Crippen molar-refractivity contribution in [2.75, 3.05) is 18.5 Å². The smallest absolute Gasteiger partial charge is 0.307 e. The average molecular weight is 480 g/mol. The molecule has 1 unspecified atom stereocenters. The third-order valence-corrected chi connectivity index (χ3v) is 4.45. The standard InChI is InChI=1S/C23H23F3N2O6/c1-3-33-15-6-4-14(5-7-15)18(29)10-11-20(31)34-13(2)23(32)27-12-19(30)28-17-9-8-16(24)21(25)22(17)26/h4-9,13H,3,10-12H2,1-2H3,(H,27,32)(H,28,30). The second-order valence-corrected chi connectivity index (χ2v) is 7.00. The lowest BCUT2D eigenvalue weighted by Gasteiger charge is -2.13. The number of hydrogen-bond donors (Lipinski definition) is 2. The van der Waals surface area contributed by atoms with E-state index in [-0.39, 0.29) is 18.6 Å². The summed E-state index contributed by atoms with van der Waals surface area (Å²) in [6.07, 6.45) is -1.68. The second kappa shape index (κ2) is 12.4. The number of nitrogens with one attached hydrogen (secondary N) is 2. The molecule has 2 aromatic rings. The molecule has 0 saturated heterocycles. The van der Waals surface area contributed by atoms with Crippen LogP contribution >= 0.6 is 0 Å². The first-order valence-electron chi connectivity index (χ1n) is 10.3. The largest absolute Gasteiger partial charge is 0.494 e. The van der Waals surface area contributed by atoms with Crippen LogP contribution in [0.5, 0.6) is 5.75 Å². The Morgan fingerprint density at radius 3 is 2.26 bits per heavy atom. The van der Waals surface area contributed by atoms with E-state index in [2.05, 4.69) is 5.32 Å². The molecule has 1 atom stereocenters. The van der Waals surface area contributed by atoms with Crippen molar-refractivity contribution in [2.45, 2.75) is 32.8 Å². The van der Waals surface area contributed by atoms with E-state index in [0.717, 1.165) is 6.07 Å².